The number of rotatable bonds is 1. The van der Waals surface area contributed by atoms with Gasteiger partial charge in [0.1, 0.15) is 0 Å². The average Bonchev–Trinajstić information content (AvgIpc) is 2.10. The molecule has 1 N–H and O–H groups in total. The first-order valence-corrected chi connectivity index (χ1v) is 7.00. The lowest BCUT2D eigenvalue weighted by Gasteiger charge is -2.43. The van der Waals surface area contributed by atoms with E-state index in [1.165, 1.54) is 12.7 Å². The average molecular weight is 218 g/mol. The highest BCUT2D eigenvalue weighted by Gasteiger charge is 2.37. The third kappa shape index (κ3) is 1.94. The summed E-state index contributed by atoms with van der Waals surface area (Å²) in [4.78, 5) is 0. The maximum atomic E-state index is 11.4. The summed E-state index contributed by atoms with van der Waals surface area (Å²) in [6.45, 7) is 4.51. The molecule has 2 aliphatic rings. The van der Waals surface area contributed by atoms with Crippen LogP contribution in [0.2, 0.25) is 0 Å². The van der Waals surface area contributed by atoms with Crippen molar-refractivity contribution < 1.29 is 8.42 Å². The Kier molecular flexibility index (Phi) is 2.57. The third-order valence-corrected chi connectivity index (χ3v) is 4.68. The topological polar surface area (TPSA) is 49.4 Å². The number of hydrogen-bond acceptors (Lipinski definition) is 3. The van der Waals surface area contributed by atoms with Crippen LogP contribution < -0.4 is 5.32 Å². The van der Waals surface area contributed by atoms with Crippen LogP contribution in [-0.4, -0.2) is 44.7 Å². The Bertz CT molecular complexity index is 315. The van der Waals surface area contributed by atoms with Gasteiger partial charge in [-0.25, -0.2) is 12.7 Å². The van der Waals surface area contributed by atoms with E-state index in [1.807, 2.05) is 0 Å². The first-order valence-electron chi connectivity index (χ1n) is 5.15. The van der Waals surface area contributed by atoms with Gasteiger partial charge in [-0.15, -0.1) is 0 Å². The van der Waals surface area contributed by atoms with Crippen LogP contribution in [-0.2, 0) is 10.0 Å². The maximum absolute atomic E-state index is 11.4. The first-order chi connectivity index (χ1) is 6.47. The Morgan fingerprint density at radius 2 is 2.07 bits per heavy atom. The Morgan fingerprint density at radius 3 is 2.71 bits per heavy atom. The van der Waals surface area contributed by atoms with Crippen molar-refractivity contribution in [1.29, 1.82) is 0 Å². The molecule has 2 fully saturated rings. The molecule has 0 aromatic heterocycles. The molecule has 2 saturated heterocycles. The highest BCUT2D eigenvalue weighted by molar-refractivity contribution is 7.88. The summed E-state index contributed by atoms with van der Waals surface area (Å²) in [6, 6.07) is 0.454. The molecule has 2 bridgehead atoms. The van der Waals surface area contributed by atoms with Crippen molar-refractivity contribution in [2.45, 2.75) is 19.4 Å². The second-order valence-corrected chi connectivity index (χ2v) is 6.62. The molecule has 14 heavy (non-hydrogen) atoms. The largest absolute Gasteiger partial charge is 0.314 e. The normalized spacial score (nSPS) is 39.7. The number of hydrogen-bond donors (Lipinski definition) is 1. The monoisotopic (exact) mass is 218 g/mol. The molecular weight excluding hydrogens is 200 g/mol. The second kappa shape index (κ2) is 3.47. The fraction of sp³-hybridized carbons (Fsp3) is 1.00. The van der Waals surface area contributed by atoms with Gasteiger partial charge in [-0.3, -0.25) is 0 Å². The standard InChI is InChI=1S/C9H18N2O2S/c1-7-9-3-8(4-10-7)5-11(6-9)14(2,12)13/h7-10H,3-6H2,1-2H3/t7-,8-,9-/m1/s1. The van der Waals surface area contributed by atoms with Crippen molar-refractivity contribution in [1.82, 2.24) is 9.62 Å². The Morgan fingerprint density at radius 1 is 1.36 bits per heavy atom. The van der Waals surface area contributed by atoms with Crippen LogP contribution in [0.15, 0.2) is 0 Å². The maximum Gasteiger partial charge on any atom is 0.211 e. The molecule has 0 aromatic rings. The first kappa shape index (κ1) is 10.4. The summed E-state index contributed by atoms with van der Waals surface area (Å²) in [7, 11) is -2.99. The molecule has 0 amide bonds. The second-order valence-electron chi connectivity index (χ2n) is 4.64. The molecular formula is C9H18N2O2S. The van der Waals surface area contributed by atoms with Crippen molar-refractivity contribution >= 4 is 10.0 Å². The quantitative estimate of drug-likeness (QED) is 0.667. The Hall–Kier alpha value is -0.130. The van der Waals surface area contributed by atoms with E-state index in [1.54, 1.807) is 4.31 Å². The molecule has 82 valence electrons. The molecule has 5 heteroatoms. The predicted octanol–water partition coefficient (Wildman–Crippen LogP) is -0.124. The molecule has 2 aliphatic heterocycles. The minimum Gasteiger partial charge on any atom is -0.314 e. The number of sulfonamides is 1. The van der Waals surface area contributed by atoms with E-state index in [-0.39, 0.29) is 0 Å². The van der Waals surface area contributed by atoms with Gasteiger partial charge in [0, 0.05) is 19.1 Å². The van der Waals surface area contributed by atoms with E-state index < -0.39 is 10.0 Å². The zero-order valence-corrected chi connectivity index (χ0v) is 9.55. The molecule has 3 atom stereocenters. The van der Waals surface area contributed by atoms with Crippen molar-refractivity contribution in [3.63, 3.8) is 0 Å². The molecule has 0 saturated carbocycles. The predicted molar refractivity (Wildman–Crippen MR) is 55.5 cm³/mol. The zero-order chi connectivity index (χ0) is 10.3. The zero-order valence-electron chi connectivity index (χ0n) is 8.73. The highest BCUT2D eigenvalue weighted by atomic mass is 32.2. The molecule has 0 aromatic carbocycles. The minimum atomic E-state index is -2.99. The minimum absolute atomic E-state index is 0.454. The fourth-order valence-corrected chi connectivity index (χ4v) is 3.45. The van der Waals surface area contributed by atoms with E-state index in [2.05, 4.69) is 12.2 Å². The summed E-state index contributed by atoms with van der Waals surface area (Å²) in [5.74, 6) is 1.01. The van der Waals surface area contributed by atoms with Crippen LogP contribution >= 0.6 is 0 Å². The third-order valence-electron chi connectivity index (χ3n) is 3.44. The van der Waals surface area contributed by atoms with Crippen LogP contribution in [0.1, 0.15) is 13.3 Å². The van der Waals surface area contributed by atoms with Crippen molar-refractivity contribution in [2.75, 3.05) is 25.9 Å². The van der Waals surface area contributed by atoms with Gasteiger partial charge < -0.3 is 5.32 Å². The van der Waals surface area contributed by atoms with Crippen LogP contribution in [0.4, 0.5) is 0 Å². The SMILES string of the molecule is C[C@H]1NC[C@H]2C[C@@H]1CN(S(C)(=O)=O)C2. The fourth-order valence-electron chi connectivity index (χ4n) is 2.50. The number of piperidine rings is 2. The molecule has 0 aliphatic carbocycles. The van der Waals surface area contributed by atoms with E-state index in [0.29, 0.717) is 31.0 Å². The van der Waals surface area contributed by atoms with E-state index in [4.69, 9.17) is 0 Å². The van der Waals surface area contributed by atoms with Gasteiger partial charge in [0.15, 0.2) is 0 Å². The molecule has 2 rings (SSSR count). The summed E-state index contributed by atoms with van der Waals surface area (Å²) < 4.78 is 24.5. The van der Waals surface area contributed by atoms with Gasteiger partial charge in [0.2, 0.25) is 10.0 Å². The summed E-state index contributed by atoms with van der Waals surface area (Å²) in [5.41, 5.74) is 0. The van der Waals surface area contributed by atoms with Gasteiger partial charge in [-0.1, -0.05) is 0 Å². The van der Waals surface area contributed by atoms with E-state index in [9.17, 15) is 8.42 Å². The molecule has 2 heterocycles. The number of nitrogens with zero attached hydrogens (tertiary/aromatic N) is 1. The van der Waals surface area contributed by atoms with Crippen molar-refractivity contribution in [3.8, 4) is 0 Å². The van der Waals surface area contributed by atoms with Gasteiger partial charge in [0.05, 0.1) is 6.26 Å². The lowest BCUT2D eigenvalue weighted by molar-refractivity contribution is 0.125. The molecule has 4 nitrogen and oxygen atoms in total. The molecule has 0 spiro atoms. The summed E-state index contributed by atoms with van der Waals surface area (Å²) >= 11 is 0. The van der Waals surface area contributed by atoms with Gasteiger partial charge >= 0.3 is 0 Å². The van der Waals surface area contributed by atoms with E-state index in [0.717, 1.165) is 6.54 Å². The molecule has 0 radical (unpaired) electrons. The van der Waals surface area contributed by atoms with Crippen LogP contribution in [0.25, 0.3) is 0 Å². The number of fused-ring (bicyclic) bond motifs is 2. The van der Waals surface area contributed by atoms with Gasteiger partial charge in [0.25, 0.3) is 0 Å². The number of nitrogens with one attached hydrogen (secondary N) is 1. The summed E-state index contributed by atoms with van der Waals surface area (Å²) in [5, 5.41) is 3.43. The van der Waals surface area contributed by atoms with Crippen molar-refractivity contribution in [2.24, 2.45) is 11.8 Å². The van der Waals surface area contributed by atoms with Gasteiger partial charge in [-0.2, -0.15) is 0 Å². The Labute approximate surface area is 85.7 Å². The Balaban J connectivity index is 2.13. The lowest BCUT2D eigenvalue weighted by Crippen LogP contribution is -2.56. The van der Waals surface area contributed by atoms with Crippen molar-refractivity contribution in [3.05, 3.63) is 0 Å². The smallest absolute Gasteiger partial charge is 0.211 e. The van der Waals surface area contributed by atoms with Gasteiger partial charge in [-0.05, 0) is 31.7 Å². The molecule has 0 unspecified atom stereocenters. The summed E-state index contributed by atoms with van der Waals surface area (Å²) in [6.07, 6.45) is 2.49. The van der Waals surface area contributed by atoms with Crippen LogP contribution in [0.3, 0.4) is 0 Å². The van der Waals surface area contributed by atoms with E-state index >= 15 is 0 Å². The van der Waals surface area contributed by atoms with Crippen LogP contribution in [0.5, 0.6) is 0 Å². The van der Waals surface area contributed by atoms with Crippen LogP contribution in [0, 0.1) is 11.8 Å². The lowest BCUT2D eigenvalue weighted by atomic mass is 9.82. The highest BCUT2D eigenvalue weighted by Crippen LogP contribution is 2.29.